The summed E-state index contributed by atoms with van der Waals surface area (Å²) in [5.74, 6) is 0. The highest BCUT2D eigenvalue weighted by Crippen LogP contribution is 2.36. The highest BCUT2D eigenvalue weighted by Gasteiger charge is 2.35. The molecule has 0 amide bonds. The van der Waals surface area contributed by atoms with Crippen LogP contribution in [0.3, 0.4) is 0 Å². The van der Waals surface area contributed by atoms with E-state index in [0.717, 1.165) is 25.3 Å². The maximum Gasteiger partial charge on any atom is 0.417 e. The highest BCUT2D eigenvalue weighted by molar-refractivity contribution is 5.55. The molecule has 0 saturated carbocycles. The molecule has 2 unspecified atom stereocenters. The molecule has 1 aromatic rings. The lowest BCUT2D eigenvalue weighted by atomic mass is 9.95. The standard InChI is InChI=1S/C15H18F3N3/c1-10(20)14-4-2-3-7-21(14)12-6-5-11(9-19)13(8-12)15(16,17)18/h5-6,8,10,14H,2-4,7,20H2,1H3. The minimum absolute atomic E-state index is 0.0350. The Hall–Kier alpha value is -1.74. The fourth-order valence-electron chi connectivity index (χ4n) is 2.87. The number of nitrogens with zero attached hydrogens (tertiary/aromatic N) is 2. The summed E-state index contributed by atoms with van der Waals surface area (Å²) in [4.78, 5) is 1.94. The van der Waals surface area contributed by atoms with Gasteiger partial charge < -0.3 is 10.6 Å². The van der Waals surface area contributed by atoms with E-state index in [-0.39, 0.29) is 17.6 Å². The van der Waals surface area contributed by atoms with Crippen molar-refractivity contribution in [3.63, 3.8) is 0 Å². The summed E-state index contributed by atoms with van der Waals surface area (Å²) in [7, 11) is 0. The zero-order valence-corrected chi connectivity index (χ0v) is 11.8. The molecule has 1 aliphatic rings. The van der Waals surface area contributed by atoms with Crippen molar-refractivity contribution in [1.29, 1.82) is 5.26 Å². The van der Waals surface area contributed by atoms with Crippen molar-refractivity contribution < 1.29 is 13.2 Å². The first kappa shape index (κ1) is 15.6. The fraction of sp³-hybridized carbons (Fsp3) is 0.533. The molecule has 3 nitrogen and oxygen atoms in total. The van der Waals surface area contributed by atoms with Gasteiger partial charge in [0, 0.05) is 24.3 Å². The predicted octanol–water partition coefficient (Wildman–Crippen LogP) is 3.28. The van der Waals surface area contributed by atoms with Gasteiger partial charge in [-0.15, -0.1) is 0 Å². The monoisotopic (exact) mass is 297 g/mol. The Morgan fingerprint density at radius 2 is 2.10 bits per heavy atom. The molecule has 2 rings (SSSR count). The summed E-state index contributed by atoms with van der Waals surface area (Å²) in [6, 6.07) is 5.41. The van der Waals surface area contributed by atoms with Gasteiger partial charge in [-0.05, 0) is 44.4 Å². The fourth-order valence-corrected chi connectivity index (χ4v) is 2.87. The smallest absolute Gasteiger partial charge is 0.367 e. The Morgan fingerprint density at radius 1 is 1.38 bits per heavy atom. The number of piperidine rings is 1. The molecule has 21 heavy (non-hydrogen) atoms. The Kier molecular flexibility index (Phi) is 4.43. The van der Waals surface area contributed by atoms with Crippen molar-refractivity contribution in [3.8, 4) is 6.07 Å². The molecule has 6 heteroatoms. The number of benzene rings is 1. The molecule has 1 saturated heterocycles. The van der Waals surface area contributed by atoms with Gasteiger partial charge in [-0.3, -0.25) is 0 Å². The number of nitrogens with two attached hydrogens (primary N) is 1. The van der Waals surface area contributed by atoms with Gasteiger partial charge in [-0.2, -0.15) is 18.4 Å². The van der Waals surface area contributed by atoms with E-state index in [1.807, 2.05) is 11.8 Å². The van der Waals surface area contributed by atoms with Crippen LogP contribution in [-0.2, 0) is 6.18 Å². The normalized spacial score (nSPS) is 21.0. The molecule has 1 aliphatic heterocycles. The molecular weight excluding hydrogens is 279 g/mol. The van der Waals surface area contributed by atoms with Gasteiger partial charge in [0.1, 0.15) is 0 Å². The first-order chi connectivity index (χ1) is 9.84. The topological polar surface area (TPSA) is 53.0 Å². The van der Waals surface area contributed by atoms with Crippen molar-refractivity contribution in [2.75, 3.05) is 11.4 Å². The lowest BCUT2D eigenvalue weighted by Crippen LogP contribution is -2.49. The van der Waals surface area contributed by atoms with E-state index in [1.165, 1.54) is 6.07 Å². The van der Waals surface area contributed by atoms with E-state index in [1.54, 1.807) is 12.1 Å². The highest BCUT2D eigenvalue weighted by atomic mass is 19.4. The van der Waals surface area contributed by atoms with Crippen LogP contribution in [0, 0.1) is 11.3 Å². The van der Waals surface area contributed by atoms with E-state index < -0.39 is 11.7 Å². The van der Waals surface area contributed by atoms with Crippen LogP contribution in [0.25, 0.3) is 0 Å². The van der Waals surface area contributed by atoms with Crippen LogP contribution in [-0.4, -0.2) is 18.6 Å². The van der Waals surface area contributed by atoms with Crippen LogP contribution in [0.2, 0.25) is 0 Å². The lowest BCUT2D eigenvalue weighted by molar-refractivity contribution is -0.137. The van der Waals surface area contributed by atoms with Gasteiger partial charge in [0.05, 0.1) is 17.2 Å². The third-order valence-electron chi connectivity index (χ3n) is 3.92. The molecule has 0 bridgehead atoms. The summed E-state index contributed by atoms with van der Waals surface area (Å²) in [6.07, 6.45) is -1.69. The molecule has 2 atom stereocenters. The van der Waals surface area contributed by atoms with Crippen LogP contribution >= 0.6 is 0 Å². The first-order valence-electron chi connectivity index (χ1n) is 6.98. The second kappa shape index (κ2) is 5.94. The number of hydrogen-bond acceptors (Lipinski definition) is 3. The molecule has 1 fully saturated rings. The van der Waals surface area contributed by atoms with Gasteiger partial charge in [0.25, 0.3) is 0 Å². The predicted molar refractivity (Wildman–Crippen MR) is 74.8 cm³/mol. The molecular formula is C15H18F3N3. The number of hydrogen-bond donors (Lipinski definition) is 1. The molecule has 0 aromatic heterocycles. The van der Waals surface area contributed by atoms with Gasteiger partial charge >= 0.3 is 6.18 Å². The van der Waals surface area contributed by atoms with Crippen molar-refractivity contribution in [2.45, 2.75) is 44.4 Å². The number of alkyl halides is 3. The number of nitriles is 1. The molecule has 2 N–H and O–H groups in total. The quantitative estimate of drug-likeness (QED) is 0.911. The summed E-state index contributed by atoms with van der Waals surface area (Å²) >= 11 is 0. The van der Waals surface area contributed by atoms with Crippen molar-refractivity contribution in [1.82, 2.24) is 0 Å². The summed E-state index contributed by atoms with van der Waals surface area (Å²) in [5, 5.41) is 8.84. The lowest BCUT2D eigenvalue weighted by Gasteiger charge is -2.40. The SMILES string of the molecule is CC(N)C1CCCCN1c1ccc(C#N)c(C(F)(F)F)c1. The van der Waals surface area contributed by atoms with Crippen LogP contribution in [0.5, 0.6) is 0 Å². The minimum atomic E-state index is -4.53. The van der Waals surface area contributed by atoms with Gasteiger partial charge in [0.15, 0.2) is 0 Å². The Balaban J connectivity index is 2.42. The van der Waals surface area contributed by atoms with Crippen molar-refractivity contribution >= 4 is 5.69 Å². The average molecular weight is 297 g/mol. The van der Waals surface area contributed by atoms with Crippen LogP contribution in [0.1, 0.15) is 37.3 Å². The van der Waals surface area contributed by atoms with Gasteiger partial charge in [0.2, 0.25) is 0 Å². The molecule has 1 aromatic carbocycles. The van der Waals surface area contributed by atoms with E-state index in [9.17, 15) is 13.2 Å². The molecule has 114 valence electrons. The van der Waals surface area contributed by atoms with Gasteiger partial charge in [-0.1, -0.05) is 0 Å². The van der Waals surface area contributed by atoms with E-state index in [4.69, 9.17) is 11.0 Å². The zero-order valence-electron chi connectivity index (χ0n) is 11.8. The van der Waals surface area contributed by atoms with E-state index in [2.05, 4.69) is 0 Å². The molecule has 0 radical (unpaired) electrons. The Labute approximate surface area is 122 Å². The van der Waals surface area contributed by atoms with Crippen molar-refractivity contribution in [3.05, 3.63) is 29.3 Å². The summed E-state index contributed by atoms with van der Waals surface area (Å²) < 4.78 is 39.1. The Morgan fingerprint density at radius 3 is 2.67 bits per heavy atom. The number of anilines is 1. The van der Waals surface area contributed by atoms with Crippen LogP contribution in [0.15, 0.2) is 18.2 Å². The first-order valence-corrected chi connectivity index (χ1v) is 6.98. The molecule has 0 aliphatic carbocycles. The number of halogens is 3. The average Bonchev–Trinajstić information content (AvgIpc) is 2.45. The van der Waals surface area contributed by atoms with Crippen molar-refractivity contribution in [2.24, 2.45) is 5.73 Å². The molecule has 0 spiro atoms. The summed E-state index contributed by atoms with van der Waals surface area (Å²) in [5.41, 5.74) is 5.22. The third-order valence-corrected chi connectivity index (χ3v) is 3.92. The van der Waals surface area contributed by atoms with Crippen LogP contribution < -0.4 is 10.6 Å². The van der Waals surface area contributed by atoms with Crippen LogP contribution in [0.4, 0.5) is 18.9 Å². The summed E-state index contributed by atoms with van der Waals surface area (Å²) in [6.45, 7) is 2.56. The second-order valence-corrected chi connectivity index (χ2v) is 5.46. The number of rotatable bonds is 2. The molecule has 1 heterocycles. The second-order valence-electron chi connectivity index (χ2n) is 5.46. The Bertz CT molecular complexity index is 546. The zero-order chi connectivity index (χ0) is 15.6. The maximum absolute atomic E-state index is 13.0. The largest absolute Gasteiger partial charge is 0.417 e. The van der Waals surface area contributed by atoms with E-state index in [0.29, 0.717) is 12.2 Å². The third kappa shape index (κ3) is 3.30. The maximum atomic E-state index is 13.0. The van der Waals surface area contributed by atoms with Gasteiger partial charge in [-0.25, -0.2) is 0 Å². The minimum Gasteiger partial charge on any atom is -0.367 e. The van der Waals surface area contributed by atoms with E-state index >= 15 is 0 Å².